The van der Waals surface area contributed by atoms with Crippen molar-refractivity contribution in [2.24, 2.45) is 5.92 Å². The lowest BCUT2D eigenvalue weighted by molar-refractivity contribution is 0.230. The van der Waals surface area contributed by atoms with Gasteiger partial charge in [0.05, 0.1) is 0 Å². The maximum Gasteiger partial charge on any atom is 0.350 e. The Kier molecular flexibility index (Phi) is 6.08. The molecule has 0 saturated carbocycles. The maximum atomic E-state index is 12.0. The van der Waals surface area contributed by atoms with Gasteiger partial charge >= 0.3 is 5.76 Å². The second-order valence-corrected chi connectivity index (χ2v) is 5.73. The van der Waals surface area contributed by atoms with Crippen LogP contribution in [-0.2, 0) is 10.0 Å². The minimum absolute atomic E-state index is 0.0129. The van der Waals surface area contributed by atoms with Gasteiger partial charge in [-0.05, 0) is 12.3 Å². The molecule has 0 rings (SSSR count). The van der Waals surface area contributed by atoms with Crippen molar-refractivity contribution in [3.8, 4) is 0 Å². The van der Waals surface area contributed by atoms with Crippen molar-refractivity contribution in [2.45, 2.75) is 32.1 Å². The molecule has 0 aliphatic rings. The van der Waals surface area contributed by atoms with Crippen molar-refractivity contribution in [3.63, 3.8) is 0 Å². The molecule has 0 fully saturated rings. The van der Waals surface area contributed by atoms with E-state index < -0.39 is 21.8 Å². The Bertz CT molecular complexity index is 256. The Balaban J connectivity index is 4.45. The predicted molar refractivity (Wildman–Crippen MR) is 55.1 cm³/mol. The van der Waals surface area contributed by atoms with Gasteiger partial charge in [-0.3, -0.25) is 0 Å². The molecule has 0 amide bonds. The third kappa shape index (κ3) is 4.65. The van der Waals surface area contributed by atoms with Crippen LogP contribution in [0, 0.1) is 5.92 Å². The number of hydrogen-bond acceptors (Lipinski definition) is 2. The average Bonchev–Trinajstić information content (AvgIpc) is 2.02. The fourth-order valence-electron chi connectivity index (χ4n) is 0.908. The van der Waals surface area contributed by atoms with Crippen LogP contribution in [0.5, 0.6) is 0 Å². The maximum absolute atomic E-state index is 12.0. The fourth-order valence-corrected chi connectivity index (χ4v) is 2.32. The highest BCUT2D eigenvalue weighted by Crippen LogP contribution is 2.12. The summed E-state index contributed by atoms with van der Waals surface area (Å²) in [6, 6.07) is -0.451. The molecule has 86 valence electrons. The minimum atomic E-state index is -4.47. The molecule has 0 heterocycles. The van der Waals surface area contributed by atoms with Gasteiger partial charge in [-0.25, -0.2) is 13.1 Å². The smallest absolute Gasteiger partial charge is 0.207 e. The summed E-state index contributed by atoms with van der Waals surface area (Å²) < 4.78 is 47.7. The van der Waals surface area contributed by atoms with Gasteiger partial charge in [0.25, 0.3) is 10.0 Å². The predicted octanol–water partition coefficient (Wildman–Crippen LogP) is 1.94. The zero-order valence-corrected chi connectivity index (χ0v) is 10.4. The Morgan fingerprint density at radius 3 is 2.14 bits per heavy atom. The van der Waals surface area contributed by atoms with Gasteiger partial charge in [0.1, 0.15) is 0 Å². The Labute approximate surface area is 91.4 Å². The summed E-state index contributed by atoms with van der Waals surface area (Å²) in [7, 11) is -4.47. The van der Waals surface area contributed by atoms with Gasteiger partial charge in [0.15, 0.2) is 0 Å². The molecule has 0 spiro atoms. The fraction of sp³-hybridized carbons (Fsp3) is 1.00. The third-order valence-corrected chi connectivity index (χ3v) is 3.33. The molecule has 0 bridgehead atoms. The second-order valence-electron chi connectivity index (χ2n) is 3.25. The molecule has 1 unspecified atom stereocenters. The van der Waals surface area contributed by atoms with E-state index in [0.717, 1.165) is 0 Å². The lowest BCUT2D eigenvalue weighted by Crippen LogP contribution is -2.41. The van der Waals surface area contributed by atoms with E-state index in [0.29, 0.717) is 11.8 Å². The first-order chi connectivity index (χ1) is 6.31. The van der Waals surface area contributed by atoms with Gasteiger partial charge in [0.2, 0.25) is 0 Å². The number of halogens is 3. The molecule has 0 saturated heterocycles. The van der Waals surface area contributed by atoms with Crippen molar-refractivity contribution in [1.82, 2.24) is 4.72 Å². The highest BCUT2D eigenvalue weighted by Gasteiger charge is 2.28. The van der Waals surface area contributed by atoms with E-state index in [2.05, 4.69) is 15.9 Å². The van der Waals surface area contributed by atoms with Crippen LogP contribution >= 0.6 is 15.9 Å². The Morgan fingerprint density at radius 2 is 1.86 bits per heavy atom. The number of hydrogen-bond donors (Lipinski definition) is 1. The van der Waals surface area contributed by atoms with Gasteiger partial charge < -0.3 is 0 Å². The molecule has 0 radical (unpaired) electrons. The molecule has 7 heteroatoms. The minimum Gasteiger partial charge on any atom is -0.207 e. The van der Waals surface area contributed by atoms with Gasteiger partial charge in [-0.1, -0.05) is 29.8 Å². The molecule has 0 aromatic heterocycles. The van der Waals surface area contributed by atoms with E-state index in [9.17, 15) is 17.2 Å². The zero-order chi connectivity index (χ0) is 11.4. The van der Waals surface area contributed by atoms with Crippen LogP contribution in [0.4, 0.5) is 8.78 Å². The molecule has 14 heavy (non-hydrogen) atoms. The molecular formula is C7H14BrF2NO2S. The van der Waals surface area contributed by atoms with Crippen molar-refractivity contribution < 1.29 is 17.2 Å². The topological polar surface area (TPSA) is 46.2 Å². The summed E-state index contributed by atoms with van der Waals surface area (Å²) in [5.74, 6) is -3.37. The van der Waals surface area contributed by atoms with Gasteiger partial charge in [0, 0.05) is 11.4 Å². The van der Waals surface area contributed by atoms with E-state index in [4.69, 9.17) is 0 Å². The molecule has 1 N–H and O–H groups in total. The van der Waals surface area contributed by atoms with E-state index in [1.807, 2.05) is 4.72 Å². The first kappa shape index (κ1) is 14.2. The Hall–Kier alpha value is 0.250. The quantitative estimate of drug-likeness (QED) is 0.761. The van der Waals surface area contributed by atoms with E-state index in [1.165, 1.54) is 0 Å². The monoisotopic (exact) mass is 293 g/mol. The summed E-state index contributed by atoms with van der Waals surface area (Å²) in [4.78, 5) is 0. The van der Waals surface area contributed by atoms with Crippen molar-refractivity contribution in [2.75, 3.05) is 5.33 Å². The molecule has 0 aliphatic heterocycles. The number of nitrogens with one attached hydrogen (secondary N) is 1. The third-order valence-electron chi connectivity index (χ3n) is 1.78. The normalized spacial score (nSPS) is 15.1. The molecule has 3 nitrogen and oxygen atoms in total. The number of sulfonamides is 1. The first-order valence-electron chi connectivity index (χ1n) is 4.16. The zero-order valence-electron chi connectivity index (χ0n) is 8.00. The summed E-state index contributed by atoms with van der Waals surface area (Å²) >= 11 is 3.14. The van der Waals surface area contributed by atoms with Crippen LogP contribution in [-0.4, -0.2) is 25.5 Å². The summed E-state index contributed by atoms with van der Waals surface area (Å²) in [6.45, 7) is 3.56. The lowest BCUT2D eigenvalue weighted by Gasteiger charge is -2.20. The molecule has 0 aliphatic carbocycles. The summed E-state index contributed by atoms with van der Waals surface area (Å²) in [5, 5.41) is 0.571. The van der Waals surface area contributed by atoms with Crippen LogP contribution in [0.3, 0.4) is 0 Å². The van der Waals surface area contributed by atoms with Crippen LogP contribution in [0.2, 0.25) is 0 Å². The highest BCUT2D eigenvalue weighted by molar-refractivity contribution is 9.09. The van der Waals surface area contributed by atoms with Crippen LogP contribution < -0.4 is 4.72 Å². The van der Waals surface area contributed by atoms with E-state index >= 15 is 0 Å². The SMILES string of the molecule is CC(C)C(CCBr)NS(=O)(=O)C(F)F. The summed E-state index contributed by atoms with van der Waals surface area (Å²) in [6.07, 6.45) is 0.490. The van der Waals surface area contributed by atoms with Crippen LogP contribution in [0.25, 0.3) is 0 Å². The highest BCUT2D eigenvalue weighted by atomic mass is 79.9. The number of rotatable bonds is 6. The molecule has 1 atom stereocenters. The average molecular weight is 294 g/mol. The molecular weight excluding hydrogens is 280 g/mol. The van der Waals surface area contributed by atoms with Crippen molar-refractivity contribution >= 4 is 26.0 Å². The van der Waals surface area contributed by atoms with E-state index in [-0.39, 0.29) is 5.92 Å². The molecule has 0 aromatic carbocycles. The second kappa shape index (κ2) is 5.97. The van der Waals surface area contributed by atoms with Gasteiger partial charge in [-0.2, -0.15) is 8.78 Å². The van der Waals surface area contributed by atoms with Crippen molar-refractivity contribution in [1.29, 1.82) is 0 Å². The standard InChI is InChI=1S/C7H14BrF2NO2S/c1-5(2)6(3-4-8)11-14(12,13)7(9)10/h5-7,11H,3-4H2,1-2H3. The molecule has 0 aromatic rings. The van der Waals surface area contributed by atoms with Gasteiger partial charge in [-0.15, -0.1) is 0 Å². The van der Waals surface area contributed by atoms with E-state index in [1.54, 1.807) is 13.8 Å². The lowest BCUT2D eigenvalue weighted by atomic mass is 10.0. The summed E-state index contributed by atoms with van der Waals surface area (Å²) in [5.41, 5.74) is 0. The van der Waals surface area contributed by atoms with Crippen LogP contribution in [0.1, 0.15) is 20.3 Å². The number of alkyl halides is 3. The van der Waals surface area contributed by atoms with Crippen molar-refractivity contribution in [3.05, 3.63) is 0 Å². The first-order valence-corrected chi connectivity index (χ1v) is 6.83. The Morgan fingerprint density at radius 1 is 1.36 bits per heavy atom. The largest absolute Gasteiger partial charge is 0.350 e. The van der Waals surface area contributed by atoms with Crippen LogP contribution in [0.15, 0.2) is 0 Å².